The van der Waals surface area contributed by atoms with E-state index in [0.717, 1.165) is 29.9 Å². The number of hydrogen-bond donors (Lipinski definition) is 1. The van der Waals surface area contributed by atoms with E-state index in [-0.39, 0.29) is 18.6 Å². The van der Waals surface area contributed by atoms with E-state index < -0.39 is 5.97 Å². The van der Waals surface area contributed by atoms with Crippen LogP contribution >= 0.6 is 0 Å². The molecule has 1 atom stereocenters. The topological polar surface area (TPSA) is 73.2 Å². The molecule has 6 nitrogen and oxygen atoms in total. The Bertz CT molecular complexity index is 1250. The fourth-order valence-corrected chi connectivity index (χ4v) is 3.86. The third-order valence-electron chi connectivity index (χ3n) is 5.52. The number of aryl methyl sites for hydroxylation is 2. The first kappa shape index (κ1) is 22.3. The summed E-state index contributed by atoms with van der Waals surface area (Å²) in [6.07, 6.45) is 1.68. The number of esters is 1. The highest BCUT2D eigenvalue weighted by atomic mass is 16.5. The van der Waals surface area contributed by atoms with Gasteiger partial charge < -0.3 is 10.1 Å². The SMILES string of the molecule is Cc1nc2cc(C(=O)OCC(=O)NC(C)CCc3ccccc3)ccc2n1-c1ccccc1. The maximum Gasteiger partial charge on any atom is 0.338 e. The molecule has 0 radical (unpaired) electrons. The number of carbonyl (C=O) groups is 2. The van der Waals surface area contributed by atoms with Gasteiger partial charge in [-0.1, -0.05) is 48.5 Å². The van der Waals surface area contributed by atoms with Gasteiger partial charge in [0.15, 0.2) is 6.61 Å². The first-order valence-electron chi connectivity index (χ1n) is 11.1. The van der Waals surface area contributed by atoms with Crippen molar-refractivity contribution in [1.29, 1.82) is 0 Å². The zero-order chi connectivity index (χ0) is 23.2. The van der Waals surface area contributed by atoms with Crippen LogP contribution in [0.5, 0.6) is 0 Å². The normalized spacial score (nSPS) is 11.8. The Hall–Kier alpha value is -3.93. The molecule has 0 spiro atoms. The lowest BCUT2D eigenvalue weighted by Crippen LogP contribution is -2.36. The van der Waals surface area contributed by atoms with E-state index in [1.54, 1.807) is 12.1 Å². The summed E-state index contributed by atoms with van der Waals surface area (Å²) in [5, 5.41) is 2.88. The third-order valence-corrected chi connectivity index (χ3v) is 5.52. The van der Waals surface area contributed by atoms with Crippen LogP contribution in [-0.2, 0) is 16.0 Å². The molecule has 33 heavy (non-hydrogen) atoms. The van der Waals surface area contributed by atoms with Crippen LogP contribution in [-0.4, -0.2) is 34.1 Å². The van der Waals surface area contributed by atoms with E-state index in [2.05, 4.69) is 22.4 Å². The van der Waals surface area contributed by atoms with Crippen molar-refractivity contribution in [3.63, 3.8) is 0 Å². The molecular formula is C27H27N3O3. The summed E-state index contributed by atoms with van der Waals surface area (Å²) in [6.45, 7) is 3.56. The zero-order valence-corrected chi connectivity index (χ0v) is 18.8. The molecule has 0 saturated carbocycles. The summed E-state index contributed by atoms with van der Waals surface area (Å²) in [4.78, 5) is 29.3. The van der Waals surface area contributed by atoms with Gasteiger partial charge in [0.25, 0.3) is 5.91 Å². The molecule has 0 saturated heterocycles. The van der Waals surface area contributed by atoms with Crippen molar-refractivity contribution in [2.75, 3.05) is 6.61 Å². The van der Waals surface area contributed by atoms with Gasteiger partial charge in [-0.15, -0.1) is 0 Å². The van der Waals surface area contributed by atoms with Gasteiger partial charge in [0.2, 0.25) is 0 Å². The van der Waals surface area contributed by atoms with Crippen LogP contribution in [0.15, 0.2) is 78.9 Å². The van der Waals surface area contributed by atoms with Gasteiger partial charge in [-0.3, -0.25) is 9.36 Å². The highest BCUT2D eigenvalue weighted by Crippen LogP contribution is 2.22. The van der Waals surface area contributed by atoms with Gasteiger partial charge in [-0.2, -0.15) is 0 Å². The van der Waals surface area contributed by atoms with Crippen molar-refractivity contribution in [1.82, 2.24) is 14.9 Å². The molecule has 1 amide bonds. The molecule has 0 aliphatic carbocycles. The fraction of sp³-hybridized carbons (Fsp3) is 0.222. The molecule has 1 heterocycles. The Balaban J connectivity index is 1.33. The maximum atomic E-state index is 12.5. The number of rotatable bonds is 8. The lowest BCUT2D eigenvalue weighted by molar-refractivity contribution is -0.124. The molecule has 1 unspecified atom stereocenters. The first-order chi connectivity index (χ1) is 16.0. The number of nitrogens with zero attached hydrogens (tertiary/aromatic N) is 2. The first-order valence-corrected chi connectivity index (χ1v) is 11.1. The minimum atomic E-state index is -0.545. The number of imidazole rings is 1. The molecule has 0 aliphatic rings. The summed E-state index contributed by atoms with van der Waals surface area (Å²) in [5.41, 5.74) is 4.20. The molecule has 0 fully saturated rings. The van der Waals surface area contributed by atoms with Gasteiger partial charge in [0.1, 0.15) is 5.82 Å². The summed E-state index contributed by atoms with van der Waals surface area (Å²) < 4.78 is 7.28. The van der Waals surface area contributed by atoms with Gasteiger partial charge >= 0.3 is 5.97 Å². The Morgan fingerprint density at radius 3 is 2.42 bits per heavy atom. The quantitative estimate of drug-likeness (QED) is 0.405. The molecular weight excluding hydrogens is 414 g/mol. The van der Waals surface area contributed by atoms with Crippen molar-refractivity contribution >= 4 is 22.9 Å². The Kier molecular flexibility index (Phi) is 6.83. The molecule has 1 N–H and O–H groups in total. The van der Waals surface area contributed by atoms with Crippen LogP contribution in [0.4, 0.5) is 0 Å². The highest BCUT2D eigenvalue weighted by molar-refractivity contribution is 5.95. The van der Waals surface area contributed by atoms with E-state index in [1.807, 2.05) is 73.0 Å². The average Bonchev–Trinajstić information content (AvgIpc) is 3.17. The second-order valence-electron chi connectivity index (χ2n) is 8.10. The number of ether oxygens (including phenoxy) is 1. The van der Waals surface area contributed by atoms with Crippen molar-refractivity contribution in [2.45, 2.75) is 32.7 Å². The van der Waals surface area contributed by atoms with E-state index >= 15 is 0 Å². The van der Waals surface area contributed by atoms with Crippen molar-refractivity contribution in [3.05, 3.63) is 95.8 Å². The Morgan fingerprint density at radius 2 is 1.70 bits per heavy atom. The molecule has 1 aromatic heterocycles. The number of hydrogen-bond acceptors (Lipinski definition) is 4. The zero-order valence-electron chi connectivity index (χ0n) is 18.8. The standard InChI is InChI=1S/C27H27N3O3/c1-19(13-14-21-9-5-3-6-10-21)28-26(31)18-33-27(32)22-15-16-25-24(17-22)29-20(2)30(25)23-11-7-4-8-12-23/h3-12,15-17,19H,13-14,18H2,1-2H3,(H,28,31). The van der Waals surface area contributed by atoms with Gasteiger partial charge in [-0.25, -0.2) is 9.78 Å². The van der Waals surface area contributed by atoms with Crippen LogP contribution in [0.1, 0.15) is 35.1 Å². The van der Waals surface area contributed by atoms with Gasteiger partial charge in [0.05, 0.1) is 16.6 Å². The lowest BCUT2D eigenvalue weighted by Gasteiger charge is -2.14. The predicted molar refractivity (Wildman–Crippen MR) is 128 cm³/mol. The van der Waals surface area contributed by atoms with Crippen LogP contribution in [0.25, 0.3) is 16.7 Å². The smallest absolute Gasteiger partial charge is 0.338 e. The second kappa shape index (κ2) is 10.1. The summed E-state index contributed by atoms with van der Waals surface area (Å²) >= 11 is 0. The van der Waals surface area contributed by atoms with Crippen LogP contribution in [0.2, 0.25) is 0 Å². The van der Waals surface area contributed by atoms with Crippen LogP contribution in [0.3, 0.4) is 0 Å². The Morgan fingerprint density at radius 1 is 1.00 bits per heavy atom. The number of fused-ring (bicyclic) bond motifs is 1. The molecule has 3 aromatic carbocycles. The number of carbonyl (C=O) groups excluding carboxylic acids is 2. The van der Waals surface area contributed by atoms with Crippen molar-refractivity contribution in [3.8, 4) is 5.69 Å². The molecule has 4 aromatic rings. The average molecular weight is 442 g/mol. The number of benzene rings is 3. The van der Waals surface area contributed by atoms with Crippen LogP contribution < -0.4 is 5.32 Å². The van der Waals surface area contributed by atoms with Gasteiger partial charge in [-0.05, 0) is 62.6 Å². The lowest BCUT2D eigenvalue weighted by atomic mass is 10.1. The molecule has 4 rings (SSSR count). The number of aromatic nitrogens is 2. The van der Waals surface area contributed by atoms with Crippen molar-refractivity contribution in [2.24, 2.45) is 0 Å². The Labute approximate surface area is 193 Å². The van der Waals surface area contributed by atoms with E-state index in [0.29, 0.717) is 11.1 Å². The van der Waals surface area contributed by atoms with E-state index in [4.69, 9.17) is 4.74 Å². The van der Waals surface area contributed by atoms with Gasteiger partial charge in [0, 0.05) is 11.7 Å². The highest BCUT2D eigenvalue weighted by Gasteiger charge is 2.15. The maximum absolute atomic E-state index is 12.5. The third kappa shape index (κ3) is 5.47. The van der Waals surface area contributed by atoms with E-state index in [1.165, 1.54) is 5.56 Å². The second-order valence-corrected chi connectivity index (χ2v) is 8.10. The minimum Gasteiger partial charge on any atom is -0.452 e. The summed E-state index contributed by atoms with van der Waals surface area (Å²) in [5.74, 6) is -0.0318. The van der Waals surface area contributed by atoms with E-state index in [9.17, 15) is 9.59 Å². The summed E-state index contributed by atoms with van der Waals surface area (Å²) in [7, 11) is 0. The predicted octanol–water partition coefficient (Wildman–Crippen LogP) is 4.63. The van der Waals surface area contributed by atoms with Crippen LogP contribution in [0, 0.1) is 6.92 Å². The fourth-order valence-electron chi connectivity index (χ4n) is 3.86. The van der Waals surface area contributed by atoms with Crippen molar-refractivity contribution < 1.29 is 14.3 Å². The summed E-state index contributed by atoms with van der Waals surface area (Å²) in [6, 6.07) is 25.3. The number of para-hydroxylation sites is 1. The molecule has 168 valence electrons. The monoisotopic (exact) mass is 441 g/mol. The molecule has 6 heteroatoms. The molecule has 0 aliphatic heterocycles. The number of amides is 1. The minimum absolute atomic E-state index is 0.0160. The number of nitrogens with one attached hydrogen (secondary N) is 1. The molecule has 0 bridgehead atoms. The largest absolute Gasteiger partial charge is 0.452 e.